The Morgan fingerprint density at radius 2 is 2.00 bits per heavy atom. The second-order valence-corrected chi connectivity index (χ2v) is 6.98. The van der Waals surface area contributed by atoms with Gasteiger partial charge < -0.3 is 15.1 Å². The molecular formula is C19H21N9O. The molecule has 4 aromatic rings. The van der Waals surface area contributed by atoms with E-state index in [2.05, 4.69) is 40.9 Å². The summed E-state index contributed by atoms with van der Waals surface area (Å²) in [5, 5.41) is 4.35. The maximum atomic E-state index is 6.13. The quantitative estimate of drug-likeness (QED) is 0.552. The van der Waals surface area contributed by atoms with Gasteiger partial charge in [-0.05, 0) is 30.2 Å². The number of aromatic nitrogens is 6. The zero-order valence-corrected chi connectivity index (χ0v) is 15.8. The van der Waals surface area contributed by atoms with Crippen molar-refractivity contribution >= 4 is 17.7 Å². The van der Waals surface area contributed by atoms with Gasteiger partial charge in [-0.25, -0.2) is 0 Å². The van der Waals surface area contributed by atoms with Gasteiger partial charge in [-0.2, -0.15) is 19.5 Å². The molecule has 0 spiro atoms. The molecule has 5 heterocycles. The molecule has 1 aliphatic heterocycles. The van der Waals surface area contributed by atoms with E-state index in [1.807, 2.05) is 12.3 Å². The van der Waals surface area contributed by atoms with Crippen molar-refractivity contribution in [2.75, 3.05) is 36.8 Å². The molecule has 1 aliphatic rings. The van der Waals surface area contributed by atoms with Crippen LogP contribution in [0, 0.1) is 0 Å². The number of hydrogen-bond donors (Lipinski definition) is 1. The van der Waals surface area contributed by atoms with Gasteiger partial charge in [-0.1, -0.05) is 6.07 Å². The number of anilines is 2. The Kier molecular flexibility index (Phi) is 4.53. The summed E-state index contributed by atoms with van der Waals surface area (Å²) in [6.45, 7) is 4.48. The van der Waals surface area contributed by atoms with Gasteiger partial charge in [-0.15, -0.1) is 5.10 Å². The predicted molar refractivity (Wildman–Crippen MR) is 107 cm³/mol. The Morgan fingerprint density at radius 1 is 1.03 bits per heavy atom. The van der Waals surface area contributed by atoms with Crippen LogP contribution in [0.25, 0.3) is 17.4 Å². The highest BCUT2D eigenvalue weighted by Crippen LogP contribution is 2.19. The first-order chi connectivity index (χ1) is 14.3. The molecule has 10 nitrogen and oxygen atoms in total. The number of furan rings is 1. The first-order valence-corrected chi connectivity index (χ1v) is 9.57. The molecule has 0 aromatic carbocycles. The molecule has 0 saturated carbocycles. The lowest BCUT2D eigenvalue weighted by Gasteiger charge is -2.22. The summed E-state index contributed by atoms with van der Waals surface area (Å²) in [6, 6.07) is 7.66. The van der Waals surface area contributed by atoms with Crippen molar-refractivity contribution in [2.24, 2.45) is 0 Å². The Morgan fingerprint density at radius 3 is 2.83 bits per heavy atom. The molecule has 1 saturated heterocycles. The van der Waals surface area contributed by atoms with E-state index in [9.17, 15) is 0 Å². The first-order valence-electron chi connectivity index (χ1n) is 9.57. The lowest BCUT2D eigenvalue weighted by molar-refractivity contribution is 0.285. The number of nitrogen functional groups attached to an aromatic ring is 1. The summed E-state index contributed by atoms with van der Waals surface area (Å²) in [7, 11) is 0. The molecule has 0 atom stereocenters. The molecule has 1 fully saturated rings. The van der Waals surface area contributed by atoms with Gasteiger partial charge in [0, 0.05) is 45.1 Å². The average Bonchev–Trinajstić information content (AvgIpc) is 3.35. The zero-order valence-electron chi connectivity index (χ0n) is 15.8. The number of fused-ring (bicyclic) bond motifs is 1. The van der Waals surface area contributed by atoms with Crippen molar-refractivity contribution in [3.63, 3.8) is 0 Å². The normalized spacial score (nSPS) is 15.7. The SMILES string of the molecule is Nc1nc(N2CCCN(Cc3cccnc3)CC2)nc2nc(-c3ccco3)nn12. The van der Waals surface area contributed by atoms with Crippen molar-refractivity contribution < 1.29 is 4.42 Å². The lowest BCUT2D eigenvalue weighted by atomic mass is 10.2. The van der Waals surface area contributed by atoms with E-state index in [0.29, 0.717) is 23.3 Å². The molecule has 5 rings (SSSR count). The van der Waals surface area contributed by atoms with Crippen LogP contribution in [0.2, 0.25) is 0 Å². The third kappa shape index (κ3) is 3.61. The highest BCUT2D eigenvalue weighted by atomic mass is 16.3. The summed E-state index contributed by atoms with van der Waals surface area (Å²) >= 11 is 0. The van der Waals surface area contributed by atoms with Crippen molar-refractivity contribution in [1.29, 1.82) is 0 Å². The van der Waals surface area contributed by atoms with Crippen LogP contribution in [0.4, 0.5) is 11.9 Å². The molecule has 2 N–H and O–H groups in total. The minimum absolute atomic E-state index is 0.256. The predicted octanol–water partition coefficient (Wildman–Crippen LogP) is 1.47. The van der Waals surface area contributed by atoms with Crippen LogP contribution in [-0.4, -0.2) is 60.6 Å². The molecule has 0 radical (unpaired) electrons. The molecule has 10 heteroatoms. The Bertz CT molecular complexity index is 1090. The van der Waals surface area contributed by atoms with E-state index in [-0.39, 0.29) is 5.95 Å². The third-order valence-electron chi connectivity index (χ3n) is 4.96. The summed E-state index contributed by atoms with van der Waals surface area (Å²) in [5.41, 5.74) is 7.35. The fraction of sp³-hybridized carbons (Fsp3) is 0.316. The average molecular weight is 391 g/mol. The van der Waals surface area contributed by atoms with Gasteiger partial charge >= 0.3 is 0 Å². The van der Waals surface area contributed by atoms with Crippen LogP contribution in [0.3, 0.4) is 0 Å². The van der Waals surface area contributed by atoms with Crippen molar-refractivity contribution in [3.8, 4) is 11.6 Å². The largest absolute Gasteiger partial charge is 0.461 e. The first kappa shape index (κ1) is 17.6. The van der Waals surface area contributed by atoms with Crippen LogP contribution in [-0.2, 0) is 6.54 Å². The second kappa shape index (κ2) is 7.47. The van der Waals surface area contributed by atoms with Gasteiger partial charge in [0.2, 0.25) is 17.7 Å². The molecule has 29 heavy (non-hydrogen) atoms. The zero-order chi connectivity index (χ0) is 19.6. The fourth-order valence-electron chi connectivity index (χ4n) is 3.52. The highest BCUT2D eigenvalue weighted by Gasteiger charge is 2.20. The van der Waals surface area contributed by atoms with Crippen LogP contribution in [0.15, 0.2) is 47.3 Å². The molecule has 0 bridgehead atoms. The molecule has 0 unspecified atom stereocenters. The van der Waals surface area contributed by atoms with E-state index >= 15 is 0 Å². The van der Waals surface area contributed by atoms with Gasteiger partial charge in [0.25, 0.3) is 5.78 Å². The van der Waals surface area contributed by atoms with Gasteiger partial charge in [-0.3, -0.25) is 9.88 Å². The Labute approximate surface area is 167 Å². The maximum absolute atomic E-state index is 6.13. The van der Waals surface area contributed by atoms with Crippen molar-refractivity contribution in [1.82, 2.24) is 34.4 Å². The summed E-state index contributed by atoms with van der Waals surface area (Å²) in [5.74, 6) is 2.25. The number of nitrogens with zero attached hydrogens (tertiary/aromatic N) is 8. The Hall–Kier alpha value is -3.53. The van der Waals surface area contributed by atoms with Gasteiger partial charge in [0.05, 0.1) is 6.26 Å². The number of hydrogen-bond acceptors (Lipinski definition) is 9. The van der Waals surface area contributed by atoms with Crippen LogP contribution < -0.4 is 10.6 Å². The molecular weight excluding hydrogens is 370 g/mol. The van der Waals surface area contributed by atoms with E-state index in [1.165, 1.54) is 10.1 Å². The monoisotopic (exact) mass is 391 g/mol. The molecule has 4 aromatic heterocycles. The van der Waals surface area contributed by atoms with Crippen molar-refractivity contribution in [3.05, 3.63) is 48.5 Å². The summed E-state index contributed by atoms with van der Waals surface area (Å²) in [4.78, 5) is 22.3. The van der Waals surface area contributed by atoms with E-state index < -0.39 is 0 Å². The standard InChI is InChI=1S/C19H21N9O/c20-17-23-18(24-19-22-16(25-28(17)19)15-5-2-11-29-15)27-8-3-7-26(9-10-27)13-14-4-1-6-21-12-14/h1-2,4-6,11-12H,3,7-10,13H2,(H2,20,22,23,24,25). The Balaban J connectivity index is 1.35. The van der Waals surface area contributed by atoms with Gasteiger partial charge in [0.1, 0.15) is 0 Å². The third-order valence-corrected chi connectivity index (χ3v) is 4.96. The fourth-order valence-corrected chi connectivity index (χ4v) is 3.52. The highest BCUT2D eigenvalue weighted by molar-refractivity contribution is 5.53. The van der Waals surface area contributed by atoms with Crippen molar-refractivity contribution in [2.45, 2.75) is 13.0 Å². The summed E-state index contributed by atoms with van der Waals surface area (Å²) in [6.07, 6.45) is 6.31. The lowest BCUT2D eigenvalue weighted by Crippen LogP contribution is -2.32. The van der Waals surface area contributed by atoms with Crippen LogP contribution in [0.1, 0.15) is 12.0 Å². The van der Waals surface area contributed by atoms with Crippen LogP contribution in [0.5, 0.6) is 0 Å². The maximum Gasteiger partial charge on any atom is 0.259 e. The topological polar surface area (TPSA) is 114 Å². The molecule has 0 aliphatic carbocycles. The minimum Gasteiger partial charge on any atom is -0.461 e. The van der Waals surface area contributed by atoms with Crippen LogP contribution >= 0.6 is 0 Å². The van der Waals surface area contributed by atoms with E-state index in [1.54, 1.807) is 24.6 Å². The number of rotatable bonds is 4. The molecule has 0 amide bonds. The van der Waals surface area contributed by atoms with E-state index in [4.69, 9.17) is 10.2 Å². The number of pyridine rings is 1. The second-order valence-electron chi connectivity index (χ2n) is 6.98. The summed E-state index contributed by atoms with van der Waals surface area (Å²) < 4.78 is 6.80. The smallest absolute Gasteiger partial charge is 0.259 e. The van der Waals surface area contributed by atoms with Gasteiger partial charge in [0.15, 0.2) is 5.76 Å². The van der Waals surface area contributed by atoms with E-state index in [0.717, 1.165) is 39.1 Å². The number of nitrogens with two attached hydrogens (primary N) is 1. The minimum atomic E-state index is 0.256. The molecule has 148 valence electrons.